The van der Waals surface area contributed by atoms with E-state index in [1.807, 2.05) is 27.7 Å². The van der Waals surface area contributed by atoms with Crippen LogP contribution < -0.4 is 0 Å². The maximum absolute atomic E-state index is 5.26. The second-order valence-corrected chi connectivity index (χ2v) is 3.41. The Balaban J connectivity index is 2.91. The molecule has 0 amide bonds. The Morgan fingerprint density at radius 1 is 0.889 bits per heavy atom. The Bertz CT molecular complexity index is 56.1. The van der Waals surface area contributed by atoms with E-state index in [4.69, 9.17) is 6.64 Å². The average Bonchev–Trinajstić information content (AvgIpc) is 1.63. The van der Waals surface area contributed by atoms with Gasteiger partial charge in [0, 0.05) is 0 Å². The molecule has 0 saturated heterocycles. The van der Waals surface area contributed by atoms with E-state index in [1.54, 1.807) is 0 Å². The van der Waals surface area contributed by atoms with E-state index in [0.717, 1.165) is 0 Å². The van der Waals surface area contributed by atoms with Crippen molar-refractivity contribution >= 4 is 0 Å². The van der Waals surface area contributed by atoms with Crippen molar-refractivity contribution in [2.75, 3.05) is 0 Å². The molecule has 0 bridgehead atoms. The van der Waals surface area contributed by atoms with Gasteiger partial charge in [-0.15, -0.1) is 0 Å². The van der Waals surface area contributed by atoms with Crippen molar-refractivity contribution in [3.8, 4) is 0 Å². The van der Waals surface area contributed by atoms with Crippen LogP contribution in [0.5, 0.6) is 0 Å². The van der Waals surface area contributed by atoms with E-state index >= 15 is 0 Å². The summed E-state index contributed by atoms with van der Waals surface area (Å²) in [5.74, 6) is 0. The fourth-order valence-corrected chi connectivity index (χ4v) is 0.908. The van der Waals surface area contributed by atoms with E-state index in [9.17, 15) is 0 Å². The van der Waals surface area contributed by atoms with E-state index in [2.05, 4.69) is 0 Å². The Morgan fingerprint density at radius 3 is 1.44 bits per heavy atom. The van der Waals surface area contributed by atoms with Gasteiger partial charge in [0.15, 0.2) is 0 Å². The molecule has 9 heavy (non-hydrogen) atoms. The van der Waals surface area contributed by atoms with Crippen LogP contribution in [0.1, 0.15) is 27.7 Å². The van der Waals surface area contributed by atoms with Gasteiger partial charge >= 0.3 is 66.5 Å². The molecule has 0 aromatic rings. The van der Waals surface area contributed by atoms with Crippen molar-refractivity contribution in [1.82, 2.24) is 0 Å². The summed E-state index contributed by atoms with van der Waals surface area (Å²) in [4.78, 5) is 0. The Kier molecular flexibility index (Phi) is 5.80. The van der Waals surface area contributed by atoms with E-state index in [-0.39, 0.29) is 0 Å². The molecular weight excluding hydrogens is 152 g/mol. The van der Waals surface area contributed by atoms with Gasteiger partial charge in [-0.3, -0.25) is 0 Å². The molecule has 0 atom stereocenters. The Hall–Kier alpha value is 0.634. The molecule has 0 saturated carbocycles. The minimum absolute atomic E-state index is 0.323. The summed E-state index contributed by atoms with van der Waals surface area (Å²) in [6, 6.07) is 0. The fraction of sp³-hybridized carbons (Fsp3) is 1.00. The van der Waals surface area contributed by atoms with Crippen molar-refractivity contribution in [2.24, 2.45) is 0 Å². The molecule has 0 aromatic carbocycles. The number of rotatable bonds is 4. The second kappa shape index (κ2) is 5.42. The van der Waals surface area contributed by atoms with Crippen LogP contribution in [-0.4, -0.2) is 12.2 Å². The topological polar surface area (TPSA) is 18.5 Å². The van der Waals surface area contributed by atoms with Gasteiger partial charge in [-0.05, 0) is 0 Å². The van der Waals surface area contributed by atoms with Crippen LogP contribution in [0.4, 0.5) is 0 Å². The van der Waals surface area contributed by atoms with E-state index in [0.29, 0.717) is 12.2 Å². The number of hydrogen-bond donors (Lipinski definition) is 0. The quantitative estimate of drug-likeness (QED) is 0.592. The van der Waals surface area contributed by atoms with Gasteiger partial charge in [-0.25, -0.2) is 0 Å². The molecule has 0 aromatic heterocycles. The summed E-state index contributed by atoms with van der Waals surface area (Å²) in [6.07, 6.45) is 0.646. The van der Waals surface area contributed by atoms with Gasteiger partial charge in [-0.1, -0.05) is 0 Å². The van der Waals surface area contributed by atoms with Crippen LogP contribution in [0.15, 0.2) is 0 Å². The zero-order valence-corrected chi connectivity index (χ0v) is 8.03. The van der Waals surface area contributed by atoms with Crippen molar-refractivity contribution in [3.05, 3.63) is 0 Å². The molecule has 0 aliphatic rings. The van der Waals surface area contributed by atoms with E-state index < -0.39 is 19.9 Å². The standard InChI is InChI=1S/2C3H7O.Ti/c2*1-3(2)4;/h2*3H,1-2H3;/q2*-1;+2. The SMILES string of the molecule is CC(C)[O][Ti][O]C(C)C. The normalized spacial score (nSPS) is 10.9. The first-order valence-corrected chi connectivity index (χ1v) is 4.46. The molecule has 2 nitrogen and oxygen atoms in total. The van der Waals surface area contributed by atoms with Gasteiger partial charge in [0.05, 0.1) is 0 Å². The van der Waals surface area contributed by atoms with Crippen LogP contribution in [0.3, 0.4) is 0 Å². The summed E-state index contributed by atoms with van der Waals surface area (Å²) in [5, 5.41) is 0. The van der Waals surface area contributed by atoms with Gasteiger partial charge in [-0.2, -0.15) is 0 Å². The van der Waals surface area contributed by atoms with E-state index in [1.165, 1.54) is 0 Å². The van der Waals surface area contributed by atoms with Gasteiger partial charge in [0.25, 0.3) is 0 Å². The summed E-state index contributed by atoms with van der Waals surface area (Å²) < 4.78 is 10.5. The maximum atomic E-state index is 5.26. The summed E-state index contributed by atoms with van der Waals surface area (Å²) in [6.45, 7) is 8.08. The van der Waals surface area contributed by atoms with Gasteiger partial charge < -0.3 is 0 Å². The molecule has 0 heterocycles. The second-order valence-electron chi connectivity index (χ2n) is 2.42. The van der Waals surface area contributed by atoms with Crippen LogP contribution in [0, 0.1) is 0 Å². The number of hydrogen-bond acceptors (Lipinski definition) is 2. The zero-order valence-electron chi connectivity index (χ0n) is 6.47. The molecule has 0 N–H and O–H groups in total. The van der Waals surface area contributed by atoms with Crippen molar-refractivity contribution < 1.29 is 26.6 Å². The van der Waals surface area contributed by atoms with Crippen LogP contribution in [-0.2, 0) is 26.6 Å². The zero-order chi connectivity index (χ0) is 7.28. The predicted molar refractivity (Wildman–Crippen MR) is 32.4 cm³/mol. The van der Waals surface area contributed by atoms with Gasteiger partial charge in [0.2, 0.25) is 0 Å². The summed E-state index contributed by atoms with van der Waals surface area (Å²) in [5.41, 5.74) is 0. The first-order valence-electron chi connectivity index (χ1n) is 3.19. The molecule has 0 aliphatic heterocycles. The van der Waals surface area contributed by atoms with Crippen molar-refractivity contribution in [1.29, 1.82) is 0 Å². The Morgan fingerprint density at radius 2 is 1.22 bits per heavy atom. The molecule has 0 unspecified atom stereocenters. The Labute approximate surface area is 66.8 Å². The molecule has 54 valence electrons. The third-order valence-electron chi connectivity index (χ3n) is 0.568. The monoisotopic (exact) mass is 166 g/mol. The van der Waals surface area contributed by atoms with Crippen molar-refractivity contribution in [2.45, 2.75) is 39.9 Å². The predicted octanol–water partition coefficient (Wildman–Crippen LogP) is 1.75. The molecule has 0 fully saturated rings. The third-order valence-corrected chi connectivity index (χ3v) is 2.34. The molecule has 0 spiro atoms. The van der Waals surface area contributed by atoms with Gasteiger partial charge in [0.1, 0.15) is 0 Å². The van der Waals surface area contributed by atoms with Crippen LogP contribution in [0.2, 0.25) is 0 Å². The molecule has 0 rings (SSSR count). The summed E-state index contributed by atoms with van der Waals surface area (Å²) in [7, 11) is 0. The molecule has 0 radical (unpaired) electrons. The first-order chi connectivity index (χ1) is 4.13. The molecule has 0 aliphatic carbocycles. The first kappa shape index (κ1) is 9.63. The fourth-order valence-electron chi connectivity index (χ4n) is 0.220. The van der Waals surface area contributed by atoms with Crippen LogP contribution >= 0.6 is 0 Å². The molecular formula is C6H14O2Ti. The van der Waals surface area contributed by atoms with Crippen LogP contribution in [0.25, 0.3) is 0 Å². The average molecular weight is 166 g/mol. The molecule has 3 heteroatoms. The van der Waals surface area contributed by atoms with Crippen molar-refractivity contribution in [3.63, 3.8) is 0 Å². The minimum atomic E-state index is -0.574. The third kappa shape index (κ3) is 8.63. The summed E-state index contributed by atoms with van der Waals surface area (Å²) >= 11 is -0.574.